The second-order valence-electron chi connectivity index (χ2n) is 6.12. The number of aromatic nitrogens is 3. The first-order valence-corrected chi connectivity index (χ1v) is 9.91. The van der Waals surface area contributed by atoms with Gasteiger partial charge in [-0.25, -0.2) is 23.5 Å². The molecule has 30 heavy (non-hydrogen) atoms. The average Bonchev–Trinajstić information content (AvgIpc) is 2.69. The van der Waals surface area contributed by atoms with Gasteiger partial charge in [0.05, 0.1) is 10.4 Å². The van der Waals surface area contributed by atoms with Crippen molar-refractivity contribution < 1.29 is 21.6 Å². The van der Waals surface area contributed by atoms with Gasteiger partial charge < -0.3 is 10.6 Å². The van der Waals surface area contributed by atoms with E-state index in [1.165, 1.54) is 36.4 Å². The lowest BCUT2D eigenvalue weighted by Crippen LogP contribution is -2.22. The topological polar surface area (TPSA) is 123 Å². The van der Waals surface area contributed by atoms with Gasteiger partial charge in [0.1, 0.15) is 17.8 Å². The quantitative estimate of drug-likeness (QED) is 0.507. The van der Waals surface area contributed by atoms with Gasteiger partial charge in [-0.05, 0) is 29.8 Å². The number of primary sulfonamides is 1. The van der Waals surface area contributed by atoms with Crippen LogP contribution in [0.3, 0.4) is 0 Å². The molecule has 0 aliphatic heterocycles. The lowest BCUT2D eigenvalue weighted by atomic mass is 10.2. The number of rotatable bonds is 6. The molecule has 0 bridgehead atoms. The number of pyridine rings is 1. The summed E-state index contributed by atoms with van der Waals surface area (Å²) in [6.07, 6.45) is 0.843. The van der Waals surface area contributed by atoms with E-state index in [0.29, 0.717) is 11.1 Å². The molecule has 0 saturated carbocycles. The third-order valence-corrected chi connectivity index (χ3v) is 4.78. The summed E-state index contributed by atoms with van der Waals surface area (Å²) in [7, 11) is -3.81. The molecular formula is C18H15F3N6O2S. The van der Waals surface area contributed by atoms with Crippen molar-refractivity contribution in [2.75, 3.05) is 17.2 Å². The van der Waals surface area contributed by atoms with E-state index in [1.54, 1.807) is 0 Å². The molecule has 156 valence electrons. The molecule has 0 amide bonds. The Morgan fingerprint density at radius 1 is 1.03 bits per heavy atom. The molecule has 0 fully saturated rings. The maximum atomic E-state index is 12.6. The first-order chi connectivity index (χ1) is 14.0. The van der Waals surface area contributed by atoms with Gasteiger partial charge in [-0.3, -0.25) is 0 Å². The average molecular weight is 436 g/mol. The van der Waals surface area contributed by atoms with Crippen LogP contribution in [0.15, 0.2) is 41.3 Å². The zero-order valence-electron chi connectivity index (χ0n) is 15.2. The zero-order valence-corrected chi connectivity index (χ0v) is 16.0. The fourth-order valence-corrected chi connectivity index (χ4v) is 2.97. The highest BCUT2D eigenvalue weighted by molar-refractivity contribution is 7.89. The van der Waals surface area contributed by atoms with E-state index >= 15 is 0 Å². The highest BCUT2D eigenvalue weighted by atomic mass is 32.2. The largest absolute Gasteiger partial charge is 0.405 e. The van der Waals surface area contributed by atoms with Gasteiger partial charge in [-0.15, -0.1) is 6.42 Å². The molecular weight excluding hydrogens is 421 g/mol. The second kappa shape index (κ2) is 8.13. The summed E-state index contributed by atoms with van der Waals surface area (Å²) < 4.78 is 60.5. The van der Waals surface area contributed by atoms with Gasteiger partial charge in [0.15, 0.2) is 5.82 Å². The van der Waals surface area contributed by atoms with E-state index in [-0.39, 0.29) is 34.4 Å². The first-order valence-electron chi connectivity index (χ1n) is 8.37. The molecule has 2 aromatic heterocycles. The van der Waals surface area contributed by atoms with Gasteiger partial charge in [0.25, 0.3) is 0 Å². The van der Waals surface area contributed by atoms with Crippen molar-refractivity contribution in [2.24, 2.45) is 5.14 Å². The summed E-state index contributed by atoms with van der Waals surface area (Å²) in [5, 5.41) is 10.2. The third-order valence-electron chi connectivity index (χ3n) is 3.85. The Bertz CT molecular complexity index is 1220. The maximum Gasteiger partial charge on any atom is 0.405 e. The number of sulfonamides is 1. The van der Waals surface area contributed by atoms with Crippen LogP contribution in [0.4, 0.5) is 24.9 Å². The van der Waals surface area contributed by atoms with E-state index in [4.69, 9.17) is 11.6 Å². The van der Waals surface area contributed by atoms with Crippen molar-refractivity contribution in [3.8, 4) is 12.3 Å². The smallest absolute Gasteiger partial charge is 0.359 e. The van der Waals surface area contributed by atoms with Gasteiger partial charge in [0, 0.05) is 6.54 Å². The lowest BCUT2D eigenvalue weighted by molar-refractivity contribution is -0.115. The predicted octanol–water partition coefficient (Wildman–Crippen LogP) is 2.24. The van der Waals surface area contributed by atoms with Crippen molar-refractivity contribution in [3.05, 3.63) is 47.7 Å². The highest BCUT2D eigenvalue weighted by Crippen LogP contribution is 2.23. The molecule has 0 aliphatic rings. The number of fused-ring (bicyclic) bond motifs is 1. The number of nitrogens with two attached hydrogens (primary N) is 1. The molecule has 4 N–H and O–H groups in total. The number of nitrogens with one attached hydrogen (secondary N) is 2. The number of halogens is 3. The highest BCUT2D eigenvalue weighted by Gasteiger charge is 2.27. The Morgan fingerprint density at radius 2 is 1.73 bits per heavy atom. The molecule has 12 heteroatoms. The number of benzene rings is 1. The molecule has 1 aromatic carbocycles. The van der Waals surface area contributed by atoms with Crippen LogP contribution in [0, 0.1) is 12.3 Å². The normalized spacial score (nSPS) is 11.8. The van der Waals surface area contributed by atoms with Gasteiger partial charge in [-0.2, -0.15) is 18.2 Å². The van der Waals surface area contributed by atoms with Crippen LogP contribution in [0.1, 0.15) is 11.3 Å². The number of hydrogen-bond acceptors (Lipinski definition) is 7. The number of alkyl halides is 3. The molecule has 2 heterocycles. The Balaban J connectivity index is 1.87. The summed E-state index contributed by atoms with van der Waals surface area (Å²) in [6, 6.07) is 8.81. The van der Waals surface area contributed by atoms with Crippen molar-refractivity contribution >= 4 is 32.8 Å². The Kier molecular flexibility index (Phi) is 5.77. The monoisotopic (exact) mass is 436 g/mol. The van der Waals surface area contributed by atoms with E-state index in [0.717, 1.165) is 0 Å². The molecule has 3 rings (SSSR count). The van der Waals surface area contributed by atoms with E-state index in [2.05, 4.69) is 31.5 Å². The number of anilines is 2. The minimum Gasteiger partial charge on any atom is -0.359 e. The maximum absolute atomic E-state index is 12.6. The Hall–Kier alpha value is -3.43. The van der Waals surface area contributed by atoms with Gasteiger partial charge in [0.2, 0.25) is 16.0 Å². The van der Waals surface area contributed by atoms with Crippen LogP contribution in [-0.2, 0) is 16.6 Å². The molecule has 0 aliphatic carbocycles. The molecule has 0 saturated heterocycles. The van der Waals surface area contributed by atoms with Crippen LogP contribution in [0.25, 0.3) is 11.0 Å². The first kappa shape index (κ1) is 21.3. The number of nitrogens with zero attached hydrogens (tertiary/aromatic N) is 3. The van der Waals surface area contributed by atoms with Crippen LogP contribution in [-0.4, -0.2) is 36.1 Å². The van der Waals surface area contributed by atoms with Crippen molar-refractivity contribution in [1.29, 1.82) is 0 Å². The van der Waals surface area contributed by atoms with Crippen molar-refractivity contribution in [1.82, 2.24) is 15.0 Å². The molecule has 0 unspecified atom stereocenters. The van der Waals surface area contributed by atoms with E-state index in [1.807, 2.05) is 0 Å². The van der Waals surface area contributed by atoms with Crippen LogP contribution in [0.2, 0.25) is 0 Å². The fourth-order valence-electron chi connectivity index (χ4n) is 2.46. The van der Waals surface area contributed by atoms with Gasteiger partial charge >= 0.3 is 6.18 Å². The van der Waals surface area contributed by atoms with Crippen LogP contribution in [0.5, 0.6) is 0 Å². The summed E-state index contributed by atoms with van der Waals surface area (Å²) in [6.45, 7) is -1.12. The van der Waals surface area contributed by atoms with Gasteiger partial charge in [-0.1, -0.05) is 18.1 Å². The number of hydrogen-bond donors (Lipinski definition) is 3. The Morgan fingerprint density at radius 3 is 2.33 bits per heavy atom. The van der Waals surface area contributed by atoms with Crippen LogP contribution < -0.4 is 15.8 Å². The molecule has 0 radical (unpaired) electrons. The summed E-state index contributed by atoms with van der Waals surface area (Å²) in [4.78, 5) is 12.4. The van der Waals surface area contributed by atoms with E-state index in [9.17, 15) is 21.6 Å². The second-order valence-corrected chi connectivity index (χ2v) is 7.68. The van der Waals surface area contributed by atoms with Crippen molar-refractivity contribution in [3.63, 3.8) is 0 Å². The molecule has 3 aromatic rings. The Labute approximate surface area is 169 Å². The zero-order chi connectivity index (χ0) is 21.9. The molecule has 0 spiro atoms. The lowest BCUT2D eigenvalue weighted by Gasteiger charge is -2.13. The molecule has 8 nitrogen and oxygen atoms in total. The van der Waals surface area contributed by atoms with E-state index < -0.39 is 22.7 Å². The number of terminal acetylenes is 1. The molecule has 0 atom stereocenters. The minimum absolute atomic E-state index is 0.0396. The summed E-state index contributed by atoms with van der Waals surface area (Å²) in [5.41, 5.74) is 1.31. The standard InChI is InChI=1S/C18H15F3N6O2S/c1-2-12-5-8-14-15(25-12)16(24-10-18(19,20)21)27-17(26-14)23-9-11-3-6-13(7-4-11)30(22,28)29/h1,3-8H,9-10H2,(H2,22,28,29)(H2,23,24,26,27). The van der Waals surface area contributed by atoms with Crippen LogP contribution >= 0.6 is 0 Å². The summed E-state index contributed by atoms with van der Waals surface area (Å²) >= 11 is 0. The van der Waals surface area contributed by atoms with Crippen molar-refractivity contribution in [2.45, 2.75) is 17.6 Å². The summed E-state index contributed by atoms with van der Waals surface area (Å²) in [5.74, 6) is 2.24. The SMILES string of the molecule is C#Cc1ccc2nc(NCc3ccc(S(N)(=O)=O)cc3)nc(NCC(F)(F)F)c2n1. The third kappa shape index (κ3) is 5.34. The fraction of sp³-hybridized carbons (Fsp3) is 0.167. The minimum atomic E-state index is -4.46. The predicted molar refractivity (Wildman–Crippen MR) is 105 cm³/mol.